The first-order chi connectivity index (χ1) is 14.2. The molecule has 0 amide bonds. The fourth-order valence-electron chi connectivity index (χ4n) is 3.09. The molecule has 0 atom stereocenters. The number of ether oxygens (including phenoxy) is 1. The van der Waals surface area contributed by atoms with Crippen LogP contribution >= 0.6 is 22.9 Å². The van der Waals surface area contributed by atoms with Crippen LogP contribution in [0.2, 0.25) is 5.02 Å². The zero-order chi connectivity index (χ0) is 21.5. The third-order valence-corrected chi connectivity index (χ3v) is 5.83. The normalized spacial score (nSPS) is 11.6. The number of carbonyl (C=O) groups is 1. The molecule has 0 spiro atoms. The minimum absolute atomic E-state index is 0.0199. The molecule has 0 bridgehead atoms. The summed E-state index contributed by atoms with van der Waals surface area (Å²) in [4.78, 5) is 26.2. The minimum Gasteiger partial charge on any atom is -0.452 e. The van der Waals surface area contributed by atoms with Crippen LogP contribution in [0.4, 0.5) is 0 Å². The van der Waals surface area contributed by atoms with E-state index in [4.69, 9.17) is 20.8 Å². The number of carbonyl (C=O) groups excluding carboxylic acids is 1. The molecule has 0 radical (unpaired) electrons. The molecule has 0 aliphatic rings. The van der Waals surface area contributed by atoms with E-state index in [0.29, 0.717) is 21.0 Å². The van der Waals surface area contributed by atoms with Gasteiger partial charge in [0.05, 0.1) is 5.39 Å². The number of hydrogen-bond donors (Lipinski definition) is 0. The van der Waals surface area contributed by atoms with Gasteiger partial charge >= 0.3 is 5.97 Å². The maximum atomic E-state index is 13.2. The van der Waals surface area contributed by atoms with Crippen molar-refractivity contribution in [2.45, 2.75) is 26.2 Å². The second-order valence-corrected chi connectivity index (χ2v) is 9.31. The second kappa shape index (κ2) is 7.74. The lowest BCUT2D eigenvalue weighted by Crippen LogP contribution is -2.15. The zero-order valence-electron chi connectivity index (χ0n) is 16.7. The van der Waals surface area contributed by atoms with Crippen molar-refractivity contribution in [3.63, 3.8) is 0 Å². The van der Waals surface area contributed by atoms with Crippen molar-refractivity contribution in [3.8, 4) is 17.1 Å². The van der Waals surface area contributed by atoms with Crippen molar-refractivity contribution in [2.24, 2.45) is 0 Å². The molecular formula is C24H19ClO4S. The Labute approximate surface area is 182 Å². The van der Waals surface area contributed by atoms with Gasteiger partial charge in [0.15, 0.2) is 5.76 Å². The summed E-state index contributed by atoms with van der Waals surface area (Å²) >= 11 is 7.30. The van der Waals surface area contributed by atoms with Gasteiger partial charge in [-0.3, -0.25) is 4.79 Å². The van der Waals surface area contributed by atoms with Gasteiger partial charge in [0.1, 0.15) is 10.5 Å². The van der Waals surface area contributed by atoms with Gasteiger partial charge in [0, 0.05) is 10.6 Å². The average Bonchev–Trinajstić information content (AvgIpc) is 3.25. The smallest absolute Gasteiger partial charge is 0.353 e. The Hall–Kier alpha value is -2.89. The fourth-order valence-corrected chi connectivity index (χ4v) is 3.86. The summed E-state index contributed by atoms with van der Waals surface area (Å²) in [6, 6.07) is 15.9. The van der Waals surface area contributed by atoms with E-state index in [1.54, 1.807) is 29.6 Å². The molecule has 6 heteroatoms. The molecule has 2 heterocycles. The molecule has 0 saturated carbocycles. The van der Waals surface area contributed by atoms with Crippen LogP contribution in [0, 0.1) is 0 Å². The van der Waals surface area contributed by atoms with Crippen LogP contribution in [-0.2, 0) is 5.41 Å². The predicted octanol–water partition coefficient (Wildman–Crippen LogP) is 6.69. The Kier molecular flexibility index (Phi) is 5.26. The Morgan fingerprint density at radius 1 is 1.07 bits per heavy atom. The van der Waals surface area contributed by atoms with E-state index >= 15 is 0 Å². The molecule has 152 valence electrons. The molecule has 0 saturated heterocycles. The number of hydrogen-bond acceptors (Lipinski definition) is 5. The van der Waals surface area contributed by atoms with Crippen LogP contribution in [-0.4, -0.2) is 5.97 Å². The van der Waals surface area contributed by atoms with E-state index in [1.165, 1.54) is 17.4 Å². The van der Waals surface area contributed by atoms with Crippen molar-refractivity contribution in [1.29, 1.82) is 0 Å². The Balaban J connectivity index is 1.89. The molecule has 4 nitrogen and oxygen atoms in total. The highest BCUT2D eigenvalue weighted by molar-refractivity contribution is 7.12. The molecule has 2 aromatic heterocycles. The van der Waals surface area contributed by atoms with Gasteiger partial charge in [0.25, 0.3) is 0 Å². The summed E-state index contributed by atoms with van der Waals surface area (Å²) in [6.45, 7) is 6.36. The van der Waals surface area contributed by atoms with Gasteiger partial charge < -0.3 is 9.15 Å². The summed E-state index contributed by atoms with van der Waals surface area (Å²) in [7, 11) is 0. The maximum absolute atomic E-state index is 13.2. The summed E-state index contributed by atoms with van der Waals surface area (Å²) in [5, 5.41) is 2.42. The van der Waals surface area contributed by atoms with Crippen LogP contribution < -0.4 is 10.2 Å². The summed E-state index contributed by atoms with van der Waals surface area (Å²) < 4.78 is 11.6. The third kappa shape index (κ3) is 3.91. The lowest BCUT2D eigenvalue weighted by molar-refractivity contribution is 0.0736. The molecule has 0 unspecified atom stereocenters. The van der Waals surface area contributed by atoms with Gasteiger partial charge in [0.2, 0.25) is 11.2 Å². The SMILES string of the molecule is CC(C)(C)c1ccc(-c2oc3ccc(Cl)cc3c(=O)c2OC(=O)c2cccs2)cc1. The minimum atomic E-state index is -0.605. The van der Waals surface area contributed by atoms with E-state index in [1.807, 2.05) is 24.3 Å². The van der Waals surface area contributed by atoms with Crippen LogP contribution in [0.25, 0.3) is 22.3 Å². The van der Waals surface area contributed by atoms with E-state index in [-0.39, 0.29) is 22.3 Å². The Morgan fingerprint density at radius 2 is 1.80 bits per heavy atom. The zero-order valence-corrected chi connectivity index (χ0v) is 18.3. The van der Waals surface area contributed by atoms with Gasteiger partial charge in [-0.25, -0.2) is 4.79 Å². The highest BCUT2D eigenvalue weighted by Gasteiger charge is 2.22. The first kappa shape index (κ1) is 20.4. The topological polar surface area (TPSA) is 56.5 Å². The van der Waals surface area contributed by atoms with Gasteiger partial charge in [-0.15, -0.1) is 11.3 Å². The number of halogens is 1. The largest absolute Gasteiger partial charge is 0.452 e. The molecule has 0 aliphatic carbocycles. The standard InChI is InChI=1S/C24H19ClO4S/c1-24(2,3)15-8-6-14(7-9-15)21-22(29-23(27)19-5-4-12-30-19)20(26)17-13-16(25)10-11-18(17)28-21/h4-13H,1-3H3. The van der Waals surface area contributed by atoms with Crippen molar-refractivity contribution >= 4 is 39.9 Å². The second-order valence-electron chi connectivity index (χ2n) is 7.92. The number of thiophene rings is 1. The van der Waals surface area contributed by atoms with E-state index in [0.717, 1.165) is 5.56 Å². The number of rotatable bonds is 3. The van der Waals surface area contributed by atoms with Crippen molar-refractivity contribution in [3.05, 3.63) is 85.7 Å². The van der Waals surface area contributed by atoms with E-state index in [9.17, 15) is 9.59 Å². The van der Waals surface area contributed by atoms with Crippen molar-refractivity contribution < 1.29 is 13.9 Å². The molecule has 4 aromatic rings. The molecule has 4 rings (SSSR count). The van der Waals surface area contributed by atoms with Gasteiger partial charge in [-0.05, 0) is 40.6 Å². The maximum Gasteiger partial charge on any atom is 0.353 e. The first-order valence-electron chi connectivity index (χ1n) is 9.37. The molecular weight excluding hydrogens is 420 g/mol. The summed E-state index contributed by atoms with van der Waals surface area (Å²) in [5.74, 6) is -0.543. The lowest BCUT2D eigenvalue weighted by atomic mass is 9.86. The highest BCUT2D eigenvalue weighted by Crippen LogP contribution is 2.34. The van der Waals surface area contributed by atoms with E-state index < -0.39 is 11.4 Å². The summed E-state index contributed by atoms with van der Waals surface area (Å²) in [6.07, 6.45) is 0. The predicted molar refractivity (Wildman–Crippen MR) is 121 cm³/mol. The monoisotopic (exact) mass is 438 g/mol. The van der Waals surface area contributed by atoms with Crippen LogP contribution in [0.5, 0.6) is 5.75 Å². The van der Waals surface area contributed by atoms with Gasteiger partial charge in [-0.1, -0.05) is 62.7 Å². The van der Waals surface area contributed by atoms with Crippen molar-refractivity contribution in [2.75, 3.05) is 0 Å². The van der Waals surface area contributed by atoms with Crippen LogP contribution in [0.3, 0.4) is 0 Å². The average molecular weight is 439 g/mol. The van der Waals surface area contributed by atoms with Gasteiger partial charge in [-0.2, -0.15) is 0 Å². The Bertz CT molecular complexity index is 1280. The number of esters is 1. The van der Waals surface area contributed by atoms with Crippen LogP contribution in [0.1, 0.15) is 36.0 Å². The quantitative estimate of drug-likeness (QED) is 0.334. The number of fused-ring (bicyclic) bond motifs is 1. The number of benzene rings is 2. The molecule has 30 heavy (non-hydrogen) atoms. The molecule has 0 N–H and O–H groups in total. The molecule has 0 fully saturated rings. The fraction of sp³-hybridized carbons (Fsp3) is 0.167. The van der Waals surface area contributed by atoms with E-state index in [2.05, 4.69) is 20.8 Å². The summed E-state index contributed by atoms with van der Waals surface area (Å²) in [5.41, 5.74) is 1.69. The third-order valence-electron chi connectivity index (χ3n) is 4.74. The molecule has 2 aromatic carbocycles. The lowest BCUT2D eigenvalue weighted by Gasteiger charge is -2.19. The Morgan fingerprint density at radius 3 is 2.43 bits per heavy atom. The first-order valence-corrected chi connectivity index (χ1v) is 10.6. The highest BCUT2D eigenvalue weighted by atomic mass is 35.5. The molecule has 0 aliphatic heterocycles. The van der Waals surface area contributed by atoms with Crippen molar-refractivity contribution in [1.82, 2.24) is 0 Å². The van der Waals surface area contributed by atoms with Crippen LogP contribution in [0.15, 0.2) is 69.2 Å².